The maximum absolute atomic E-state index is 11.8. The van der Waals surface area contributed by atoms with Gasteiger partial charge in [0.05, 0.1) is 0 Å². The third kappa shape index (κ3) is 2.31. The van der Waals surface area contributed by atoms with E-state index in [1.807, 2.05) is 19.3 Å². The van der Waals surface area contributed by atoms with Gasteiger partial charge in [-0.05, 0) is 36.3 Å². The summed E-state index contributed by atoms with van der Waals surface area (Å²) in [7, 11) is 1.84. The molecule has 1 aliphatic rings. The lowest BCUT2D eigenvalue weighted by Crippen LogP contribution is -2.14. The summed E-state index contributed by atoms with van der Waals surface area (Å²) in [5.74, 6) is 1.70. The number of fused-ring (bicyclic) bond motifs is 1. The third-order valence-corrected chi connectivity index (χ3v) is 3.67. The van der Waals surface area contributed by atoms with Crippen LogP contribution in [-0.4, -0.2) is 22.9 Å². The van der Waals surface area contributed by atoms with Crippen LogP contribution in [0.3, 0.4) is 0 Å². The van der Waals surface area contributed by atoms with E-state index in [1.54, 1.807) is 6.20 Å². The number of aromatic nitrogens is 2. The normalized spacial score (nSPS) is 14.3. The van der Waals surface area contributed by atoms with E-state index >= 15 is 0 Å². The molecule has 2 aromatic rings. The summed E-state index contributed by atoms with van der Waals surface area (Å²) in [5.41, 5.74) is 1.16. The molecular formula is C15H18N4O. The number of rotatable bonds is 4. The molecule has 0 saturated heterocycles. The first-order valence-electron chi connectivity index (χ1n) is 6.99. The van der Waals surface area contributed by atoms with E-state index in [-0.39, 0.29) is 11.8 Å². The number of carbonyl (C=O) groups is 1. The van der Waals surface area contributed by atoms with E-state index in [1.165, 1.54) is 0 Å². The number of anilines is 2. The highest BCUT2D eigenvalue weighted by atomic mass is 16.2. The first kappa shape index (κ1) is 12.8. The molecule has 104 valence electrons. The Bertz CT molecular complexity index is 664. The fourth-order valence-corrected chi connectivity index (χ4v) is 2.31. The highest BCUT2D eigenvalue weighted by Crippen LogP contribution is 2.31. The molecule has 20 heavy (non-hydrogen) atoms. The van der Waals surface area contributed by atoms with Crippen LogP contribution in [0, 0.1) is 5.92 Å². The summed E-state index contributed by atoms with van der Waals surface area (Å²) in [6.07, 6.45) is 6.53. The molecule has 5 nitrogen and oxygen atoms in total. The summed E-state index contributed by atoms with van der Waals surface area (Å²) >= 11 is 0. The quantitative estimate of drug-likeness (QED) is 0.896. The molecule has 0 aromatic carbocycles. The van der Waals surface area contributed by atoms with Crippen molar-refractivity contribution in [3.05, 3.63) is 24.0 Å². The van der Waals surface area contributed by atoms with Crippen molar-refractivity contribution in [3.63, 3.8) is 0 Å². The van der Waals surface area contributed by atoms with E-state index in [4.69, 9.17) is 0 Å². The minimum Gasteiger partial charge on any atom is -0.373 e. The number of hydrogen-bond donors (Lipinski definition) is 2. The van der Waals surface area contributed by atoms with Crippen molar-refractivity contribution in [1.82, 2.24) is 9.97 Å². The van der Waals surface area contributed by atoms with Gasteiger partial charge in [0.25, 0.3) is 0 Å². The number of nitrogens with zero attached hydrogens (tertiary/aromatic N) is 2. The molecular weight excluding hydrogens is 252 g/mol. The van der Waals surface area contributed by atoms with Crippen LogP contribution in [0.2, 0.25) is 0 Å². The van der Waals surface area contributed by atoms with Gasteiger partial charge in [0.2, 0.25) is 5.91 Å². The van der Waals surface area contributed by atoms with E-state index in [9.17, 15) is 4.79 Å². The standard InChI is InChI=1S/C15H18N4O/c1-3-9-7-18-14(16-2)12-8-17-13(6-11(9)12)19-15(20)10-4-5-10/h6-8,10H,3-5H2,1-2H3,(H,16,18)(H,17,19,20). The first-order chi connectivity index (χ1) is 9.72. The number of amides is 1. The lowest BCUT2D eigenvalue weighted by molar-refractivity contribution is -0.117. The Hall–Kier alpha value is -2.17. The molecule has 2 heterocycles. The number of carbonyl (C=O) groups excluding carboxylic acids is 1. The molecule has 0 spiro atoms. The number of pyridine rings is 2. The lowest BCUT2D eigenvalue weighted by Gasteiger charge is -2.10. The van der Waals surface area contributed by atoms with Gasteiger partial charge in [-0.3, -0.25) is 4.79 Å². The zero-order valence-electron chi connectivity index (χ0n) is 11.7. The average Bonchev–Trinajstić information content (AvgIpc) is 3.30. The van der Waals surface area contributed by atoms with Gasteiger partial charge < -0.3 is 10.6 Å². The summed E-state index contributed by atoms with van der Waals surface area (Å²) < 4.78 is 0. The van der Waals surface area contributed by atoms with Gasteiger partial charge in [-0.1, -0.05) is 6.92 Å². The summed E-state index contributed by atoms with van der Waals surface area (Å²) in [5, 5.41) is 8.04. The molecule has 0 radical (unpaired) electrons. The molecule has 1 amide bonds. The SMILES string of the molecule is CCc1cnc(NC)c2cnc(NC(=O)C3CC3)cc12. The Morgan fingerprint density at radius 1 is 1.30 bits per heavy atom. The van der Waals surface area contributed by atoms with Gasteiger partial charge in [-0.2, -0.15) is 0 Å². The Kier molecular flexibility index (Phi) is 3.26. The van der Waals surface area contributed by atoms with E-state index in [0.29, 0.717) is 5.82 Å². The van der Waals surface area contributed by atoms with Crippen LogP contribution in [-0.2, 0) is 11.2 Å². The summed E-state index contributed by atoms with van der Waals surface area (Å²) in [6, 6.07) is 1.94. The van der Waals surface area contributed by atoms with Gasteiger partial charge in [0.15, 0.2) is 0 Å². The minimum atomic E-state index is 0.0813. The summed E-state index contributed by atoms with van der Waals surface area (Å²) in [6.45, 7) is 2.10. The molecule has 0 unspecified atom stereocenters. The maximum atomic E-state index is 11.8. The second-order valence-electron chi connectivity index (χ2n) is 5.11. The van der Waals surface area contributed by atoms with Gasteiger partial charge in [0.1, 0.15) is 11.6 Å². The molecule has 1 saturated carbocycles. The van der Waals surface area contributed by atoms with Crippen LogP contribution in [0.1, 0.15) is 25.3 Å². The Balaban J connectivity index is 2.01. The largest absolute Gasteiger partial charge is 0.373 e. The van der Waals surface area contributed by atoms with Crippen LogP contribution in [0.5, 0.6) is 0 Å². The lowest BCUT2D eigenvalue weighted by atomic mass is 10.1. The van der Waals surface area contributed by atoms with Crippen molar-refractivity contribution in [2.45, 2.75) is 26.2 Å². The Labute approximate surface area is 117 Å². The fraction of sp³-hybridized carbons (Fsp3) is 0.400. The second kappa shape index (κ2) is 5.07. The predicted molar refractivity (Wildman–Crippen MR) is 79.8 cm³/mol. The van der Waals surface area contributed by atoms with E-state index in [2.05, 4.69) is 27.5 Å². The van der Waals surface area contributed by atoms with Crippen LogP contribution < -0.4 is 10.6 Å². The smallest absolute Gasteiger partial charge is 0.228 e. The van der Waals surface area contributed by atoms with Gasteiger partial charge in [0, 0.05) is 30.7 Å². The van der Waals surface area contributed by atoms with Crippen molar-refractivity contribution in [3.8, 4) is 0 Å². The van der Waals surface area contributed by atoms with Gasteiger partial charge >= 0.3 is 0 Å². The minimum absolute atomic E-state index is 0.0813. The molecule has 1 fully saturated rings. The van der Waals surface area contributed by atoms with Crippen LogP contribution >= 0.6 is 0 Å². The van der Waals surface area contributed by atoms with Crippen molar-refractivity contribution in [2.75, 3.05) is 17.7 Å². The third-order valence-electron chi connectivity index (χ3n) is 3.67. The molecule has 3 rings (SSSR count). The van der Waals surface area contributed by atoms with Crippen LogP contribution in [0.4, 0.5) is 11.6 Å². The topological polar surface area (TPSA) is 66.9 Å². The van der Waals surface area contributed by atoms with Crippen LogP contribution in [0.15, 0.2) is 18.5 Å². The fourth-order valence-electron chi connectivity index (χ4n) is 2.31. The molecule has 2 aromatic heterocycles. The number of aryl methyl sites for hydroxylation is 1. The average molecular weight is 270 g/mol. The Morgan fingerprint density at radius 3 is 2.75 bits per heavy atom. The van der Waals surface area contributed by atoms with E-state index in [0.717, 1.165) is 41.4 Å². The van der Waals surface area contributed by atoms with Crippen molar-refractivity contribution >= 4 is 28.3 Å². The molecule has 0 aliphatic heterocycles. The highest BCUT2D eigenvalue weighted by Gasteiger charge is 2.29. The molecule has 0 bridgehead atoms. The molecule has 2 N–H and O–H groups in total. The predicted octanol–water partition coefficient (Wildman–Crippen LogP) is 2.58. The van der Waals surface area contributed by atoms with Crippen LogP contribution in [0.25, 0.3) is 10.8 Å². The zero-order valence-corrected chi connectivity index (χ0v) is 11.7. The Morgan fingerprint density at radius 2 is 2.10 bits per heavy atom. The zero-order chi connectivity index (χ0) is 14.1. The molecule has 1 aliphatic carbocycles. The molecule has 0 atom stereocenters. The monoisotopic (exact) mass is 270 g/mol. The highest BCUT2D eigenvalue weighted by molar-refractivity contribution is 5.98. The van der Waals surface area contributed by atoms with Gasteiger partial charge in [-0.25, -0.2) is 9.97 Å². The van der Waals surface area contributed by atoms with Crippen molar-refractivity contribution in [1.29, 1.82) is 0 Å². The summed E-state index contributed by atoms with van der Waals surface area (Å²) in [4.78, 5) is 20.5. The number of hydrogen-bond acceptors (Lipinski definition) is 4. The second-order valence-corrected chi connectivity index (χ2v) is 5.11. The molecule has 5 heteroatoms. The van der Waals surface area contributed by atoms with E-state index < -0.39 is 0 Å². The number of nitrogens with one attached hydrogen (secondary N) is 2. The first-order valence-corrected chi connectivity index (χ1v) is 6.99. The van der Waals surface area contributed by atoms with Gasteiger partial charge in [-0.15, -0.1) is 0 Å². The van der Waals surface area contributed by atoms with Crippen molar-refractivity contribution in [2.24, 2.45) is 5.92 Å². The van der Waals surface area contributed by atoms with Crippen molar-refractivity contribution < 1.29 is 4.79 Å². The maximum Gasteiger partial charge on any atom is 0.228 e.